The molecule has 6 nitrogen and oxygen atoms in total. The maximum atomic E-state index is 12.4. The zero-order valence-electron chi connectivity index (χ0n) is 13.4. The Hall–Kier alpha value is -2.03. The van der Waals surface area contributed by atoms with Crippen LogP contribution in [-0.2, 0) is 11.2 Å². The van der Waals surface area contributed by atoms with Crippen molar-refractivity contribution in [3.8, 4) is 10.8 Å². The van der Waals surface area contributed by atoms with E-state index in [-0.39, 0.29) is 5.97 Å². The molecule has 2 aliphatic rings. The Labute approximate surface area is 156 Å². The van der Waals surface area contributed by atoms with Crippen LogP contribution in [0, 0.1) is 0 Å². The minimum Gasteiger partial charge on any atom is -0.462 e. The van der Waals surface area contributed by atoms with Gasteiger partial charge in [-0.1, -0.05) is 16.4 Å². The van der Waals surface area contributed by atoms with Gasteiger partial charge in [-0.15, -0.1) is 0 Å². The van der Waals surface area contributed by atoms with Crippen LogP contribution >= 0.6 is 27.3 Å². The maximum Gasteiger partial charge on any atom is 0.348 e. The molecule has 2 N–H and O–H groups in total. The molecule has 1 aliphatic heterocycles. The van der Waals surface area contributed by atoms with E-state index in [0.29, 0.717) is 22.3 Å². The minimum absolute atomic E-state index is 0.299. The number of nitrogens with zero attached hydrogens (tertiary/aromatic N) is 2. The fraction of sp³-hybridized carbons (Fsp3) is 0.235. The summed E-state index contributed by atoms with van der Waals surface area (Å²) >= 11 is 4.83. The first-order valence-electron chi connectivity index (χ1n) is 7.90. The Kier molecular flexibility index (Phi) is 4.41. The molecule has 0 saturated carbocycles. The molecule has 8 heteroatoms. The average molecular weight is 421 g/mol. The van der Waals surface area contributed by atoms with Gasteiger partial charge in [0.15, 0.2) is 15.4 Å². The number of esters is 1. The summed E-state index contributed by atoms with van der Waals surface area (Å²) < 4.78 is 12.1. The number of fused-ring (bicyclic) bond motifs is 2. The molecule has 128 valence electrons. The van der Waals surface area contributed by atoms with E-state index in [9.17, 15) is 4.79 Å². The SMILES string of the molecule is CCOC(=O)c1sc(Oc2cccnc2)c2c1CCC1=C2[NH2+]N=C1Br. The molecular weight excluding hydrogens is 406 g/mol. The number of ether oxygens (including phenoxy) is 2. The molecule has 0 atom stereocenters. The van der Waals surface area contributed by atoms with Crippen LogP contribution in [0.3, 0.4) is 0 Å². The van der Waals surface area contributed by atoms with E-state index in [1.165, 1.54) is 11.3 Å². The third-order valence-corrected chi connectivity index (χ3v) is 5.83. The fourth-order valence-electron chi connectivity index (χ4n) is 2.99. The van der Waals surface area contributed by atoms with Crippen molar-refractivity contribution in [1.82, 2.24) is 4.98 Å². The fourth-order valence-corrected chi connectivity index (χ4v) is 4.63. The predicted molar refractivity (Wildman–Crippen MR) is 98.1 cm³/mol. The van der Waals surface area contributed by atoms with Crippen LogP contribution in [0.25, 0.3) is 5.70 Å². The second-order valence-corrected chi connectivity index (χ2v) is 7.26. The molecule has 0 fully saturated rings. The van der Waals surface area contributed by atoms with Gasteiger partial charge in [0, 0.05) is 6.20 Å². The molecule has 2 aromatic rings. The maximum absolute atomic E-state index is 12.4. The lowest BCUT2D eigenvalue weighted by Gasteiger charge is -2.13. The first-order valence-corrected chi connectivity index (χ1v) is 9.51. The number of rotatable bonds is 4. The molecule has 2 aromatic heterocycles. The third-order valence-electron chi connectivity index (χ3n) is 4.06. The smallest absolute Gasteiger partial charge is 0.348 e. The van der Waals surface area contributed by atoms with Gasteiger partial charge in [-0.2, -0.15) is 5.43 Å². The van der Waals surface area contributed by atoms with Gasteiger partial charge in [0.05, 0.1) is 23.9 Å². The van der Waals surface area contributed by atoms with Gasteiger partial charge in [-0.3, -0.25) is 4.98 Å². The number of carbonyl (C=O) groups is 1. The second-order valence-electron chi connectivity index (χ2n) is 5.52. The summed E-state index contributed by atoms with van der Waals surface area (Å²) in [6.07, 6.45) is 4.93. The summed E-state index contributed by atoms with van der Waals surface area (Å²) in [4.78, 5) is 17.1. The lowest BCUT2D eigenvalue weighted by molar-refractivity contribution is -0.565. The van der Waals surface area contributed by atoms with Gasteiger partial charge in [-0.05, 0) is 53.4 Å². The van der Waals surface area contributed by atoms with E-state index in [4.69, 9.17) is 9.47 Å². The van der Waals surface area contributed by atoms with Crippen LogP contribution in [0.2, 0.25) is 0 Å². The highest BCUT2D eigenvalue weighted by molar-refractivity contribution is 9.18. The summed E-state index contributed by atoms with van der Waals surface area (Å²) in [5.74, 6) is 0.333. The van der Waals surface area contributed by atoms with Crippen LogP contribution in [-0.4, -0.2) is 22.2 Å². The average Bonchev–Trinajstić information content (AvgIpc) is 3.17. The third kappa shape index (κ3) is 2.90. The quantitative estimate of drug-likeness (QED) is 0.608. The largest absolute Gasteiger partial charge is 0.462 e. The summed E-state index contributed by atoms with van der Waals surface area (Å²) in [5, 5.41) is 5.05. The molecule has 1 aliphatic carbocycles. The van der Waals surface area contributed by atoms with Gasteiger partial charge in [0.2, 0.25) is 0 Å². The first kappa shape index (κ1) is 16.4. The number of halogens is 1. The van der Waals surface area contributed by atoms with Crippen molar-refractivity contribution in [2.45, 2.75) is 19.8 Å². The van der Waals surface area contributed by atoms with Gasteiger partial charge in [0.1, 0.15) is 10.6 Å². The molecule has 0 unspecified atom stereocenters. The van der Waals surface area contributed by atoms with Gasteiger partial charge in [0.25, 0.3) is 0 Å². The number of hydrogen-bond acceptors (Lipinski definition) is 6. The summed E-state index contributed by atoms with van der Waals surface area (Å²) in [6, 6.07) is 3.65. The Balaban J connectivity index is 1.82. The van der Waals surface area contributed by atoms with Gasteiger partial charge < -0.3 is 9.47 Å². The highest BCUT2D eigenvalue weighted by Gasteiger charge is 2.37. The van der Waals surface area contributed by atoms with E-state index >= 15 is 0 Å². The van der Waals surface area contributed by atoms with Crippen LogP contribution in [0.1, 0.15) is 34.1 Å². The van der Waals surface area contributed by atoms with Crippen molar-refractivity contribution >= 4 is 43.6 Å². The van der Waals surface area contributed by atoms with Crippen molar-refractivity contribution in [3.63, 3.8) is 0 Å². The van der Waals surface area contributed by atoms with Crippen LogP contribution < -0.4 is 10.2 Å². The number of nitrogens with two attached hydrogens (primary N) is 1. The zero-order chi connectivity index (χ0) is 17.4. The van der Waals surface area contributed by atoms with Gasteiger partial charge >= 0.3 is 5.97 Å². The molecule has 0 spiro atoms. The molecule has 4 rings (SSSR count). The Morgan fingerprint density at radius 1 is 1.44 bits per heavy atom. The minimum atomic E-state index is -0.299. The van der Waals surface area contributed by atoms with Crippen molar-refractivity contribution in [2.24, 2.45) is 5.10 Å². The summed E-state index contributed by atoms with van der Waals surface area (Å²) in [7, 11) is 0. The Bertz CT molecular complexity index is 905. The van der Waals surface area contributed by atoms with E-state index in [0.717, 1.165) is 39.9 Å². The van der Waals surface area contributed by atoms with Crippen LogP contribution in [0.4, 0.5) is 0 Å². The number of thiophene rings is 1. The topological polar surface area (TPSA) is 77.4 Å². The Morgan fingerprint density at radius 3 is 3.08 bits per heavy atom. The highest BCUT2D eigenvalue weighted by Crippen LogP contribution is 2.46. The molecule has 0 saturated heterocycles. The van der Waals surface area contributed by atoms with E-state index < -0.39 is 0 Å². The number of quaternary nitrogens is 1. The second kappa shape index (κ2) is 6.70. The predicted octanol–water partition coefficient (Wildman–Crippen LogP) is 3.05. The van der Waals surface area contributed by atoms with Crippen molar-refractivity contribution < 1.29 is 19.7 Å². The molecule has 3 heterocycles. The van der Waals surface area contributed by atoms with Crippen LogP contribution in [0.5, 0.6) is 10.8 Å². The number of carbonyl (C=O) groups excluding carboxylic acids is 1. The first-order chi connectivity index (χ1) is 12.2. The molecule has 25 heavy (non-hydrogen) atoms. The molecule has 0 aromatic carbocycles. The lowest BCUT2D eigenvalue weighted by atomic mass is 9.91. The molecule has 0 bridgehead atoms. The van der Waals surface area contributed by atoms with Crippen LogP contribution in [0.15, 0.2) is 35.2 Å². The molecule has 0 amide bonds. The van der Waals surface area contributed by atoms with Crippen molar-refractivity contribution in [2.75, 3.05) is 6.61 Å². The highest BCUT2D eigenvalue weighted by atomic mass is 79.9. The monoisotopic (exact) mass is 420 g/mol. The lowest BCUT2D eigenvalue weighted by Crippen LogP contribution is -2.73. The van der Waals surface area contributed by atoms with E-state index in [1.54, 1.807) is 19.3 Å². The molecule has 0 radical (unpaired) electrons. The van der Waals surface area contributed by atoms with E-state index in [2.05, 4.69) is 26.0 Å². The van der Waals surface area contributed by atoms with Gasteiger partial charge in [-0.25, -0.2) is 4.79 Å². The Morgan fingerprint density at radius 2 is 2.32 bits per heavy atom. The summed E-state index contributed by atoms with van der Waals surface area (Å²) in [5.41, 5.74) is 5.91. The standard InChI is InChI=1S/C17H14BrN3O3S/c1-2-23-16(22)14-10-5-6-11-13(20-21-15(11)18)12(10)17(25-14)24-9-4-3-7-19-8-9/h3-4,7-8H,2,5-6H2,1H3,(H,20,21)/p+1. The number of pyridine rings is 1. The zero-order valence-corrected chi connectivity index (χ0v) is 15.8. The number of hydrogen-bond donors (Lipinski definition) is 1. The number of allylic oxidation sites excluding steroid dienone is 1. The normalized spacial score (nSPS) is 15.5. The summed E-state index contributed by atoms with van der Waals surface area (Å²) in [6.45, 7) is 2.15. The number of aromatic nitrogens is 1. The van der Waals surface area contributed by atoms with Crippen molar-refractivity contribution in [3.05, 3.63) is 46.1 Å². The molecular formula is C17H15BrN3O3S+. The van der Waals surface area contributed by atoms with E-state index in [1.807, 2.05) is 17.6 Å². The van der Waals surface area contributed by atoms with Crippen molar-refractivity contribution in [1.29, 1.82) is 0 Å².